The van der Waals surface area contributed by atoms with Crippen LogP contribution in [0.4, 0.5) is 10.3 Å². The van der Waals surface area contributed by atoms with E-state index in [1.54, 1.807) is 13.0 Å². The van der Waals surface area contributed by atoms with Gasteiger partial charge in [-0.2, -0.15) is 4.31 Å². The largest absolute Gasteiger partial charge is 0.466 e. The molecule has 0 spiro atoms. The molecule has 3 aromatic rings. The summed E-state index contributed by atoms with van der Waals surface area (Å²) in [6, 6.07) is 10.9. The number of carbonyl (C=O) groups is 2. The Kier molecular flexibility index (Phi) is 8.85. The number of aromatic nitrogens is 2. The number of ether oxygens (including phenoxy) is 3. The minimum absolute atomic E-state index is 0.0339. The van der Waals surface area contributed by atoms with E-state index in [1.807, 2.05) is 23.1 Å². The van der Waals surface area contributed by atoms with Crippen molar-refractivity contribution in [3.05, 3.63) is 60.0 Å². The minimum atomic E-state index is -4.00. The Labute approximate surface area is 260 Å². The van der Waals surface area contributed by atoms with Crippen LogP contribution in [0.15, 0.2) is 53.4 Å². The summed E-state index contributed by atoms with van der Waals surface area (Å²) < 4.78 is 57.4. The van der Waals surface area contributed by atoms with Gasteiger partial charge in [0, 0.05) is 25.2 Å². The van der Waals surface area contributed by atoms with Crippen LogP contribution in [0, 0.1) is 11.7 Å². The van der Waals surface area contributed by atoms with Crippen molar-refractivity contribution in [2.45, 2.75) is 50.1 Å². The molecule has 4 heterocycles. The van der Waals surface area contributed by atoms with Gasteiger partial charge in [-0.15, -0.1) is 0 Å². The molecule has 2 fully saturated rings. The van der Waals surface area contributed by atoms with Gasteiger partial charge in [0.15, 0.2) is 11.5 Å². The average Bonchev–Trinajstić information content (AvgIpc) is 3.74. The molecule has 1 atom stereocenters. The fraction of sp³-hybridized carbons (Fsp3) is 0.419. The summed E-state index contributed by atoms with van der Waals surface area (Å²) in [4.78, 5) is 37.2. The maximum Gasteiger partial charge on any atom is 0.309 e. The summed E-state index contributed by atoms with van der Waals surface area (Å²) in [6.07, 6.45) is 2.08. The van der Waals surface area contributed by atoms with Crippen molar-refractivity contribution < 1.29 is 36.6 Å². The van der Waals surface area contributed by atoms with Crippen molar-refractivity contribution in [1.29, 1.82) is 0 Å². The molecule has 2 saturated heterocycles. The molecule has 3 aliphatic rings. The molecule has 3 aliphatic heterocycles. The highest BCUT2D eigenvalue weighted by Gasteiger charge is 2.39. The predicted octanol–water partition coefficient (Wildman–Crippen LogP) is 3.26. The Morgan fingerprint density at radius 1 is 1.00 bits per heavy atom. The SMILES string of the molecule is CCOC(=O)C1CCN(c2nc(CNC(=O)[C@@H]3CCCN3S(=O)(=O)c3ccc(F)cc3)cc(-c3ccc4c(c3)OCO4)n2)CC1. The monoisotopic (exact) mass is 639 g/mol. The molecule has 2 aromatic carbocycles. The van der Waals surface area contributed by atoms with Gasteiger partial charge in [0.25, 0.3) is 0 Å². The Balaban J connectivity index is 1.21. The number of hydrogen-bond donors (Lipinski definition) is 1. The second-order valence-electron chi connectivity index (χ2n) is 11.1. The first-order valence-electron chi connectivity index (χ1n) is 15.0. The number of carbonyl (C=O) groups excluding carboxylic acids is 2. The van der Waals surface area contributed by atoms with E-state index < -0.39 is 27.8 Å². The zero-order valence-corrected chi connectivity index (χ0v) is 25.6. The summed E-state index contributed by atoms with van der Waals surface area (Å²) in [7, 11) is -4.00. The Bertz CT molecular complexity index is 1680. The fourth-order valence-electron chi connectivity index (χ4n) is 5.82. The molecule has 45 heavy (non-hydrogen) atoms. The van der Waals surface area contributed by atoms with Crippen molar-refractivity contribution >= 4 is 27.8 Å². The van der Waals surface area contributed by atoms with Crippen molar-refractivity contribution in [2.75, 3.05) is 37.9 Å². The lowest BCUT2D eigenvalue weighted by Gasteiger charge is -2.31. The van der Waals surface area contributed by atoms with Gasteiger partial charge in [-0.1, -0.05) is 0 Å². The molecular formula is C31H34FN5O7S. The number of sulfonamides is 1. The topological polar surface area (TPSA) is 140 Å². The van der Waals surface area contributed by atoms with Gasteiger partial charge in [0.1, 0.15) is 11.9 Å². The van der Waals surface area contributed by atoms with Crippen LogP contribution in [-0.2, 0) is 30.9 Å². The third-order valence-electron chi connectivity index (χ3n) is 8.20. The van der Waals surface area contributed by atoms with Gasteiger partial charge in [0.2, 0.25) is 28.7 Å². The number of amides is 1. The number of esters is 1. The van der Waals surface area contributed by atoms with Gasteiger partial charge >= 0.3 is 5.97 Å². The molecule has 0 saturated carbocycles. The molecule has 238 valence electrons. The Hall–Kier alpha value is -4.30. The highest BCUT2D eigenvalue weighted by Crippen LogP contribution is 2.36. The second-order valence-corrected chi connectivity index (χ2v) is 13.0. The number of nitrogens with zero attached hydrogens (tertiary/aromatic N) is 4. The number of anilines is 1. The van der Waals surface area contributed by atoms with Crippen molar-refractivity contribution in [3.8, 4) is 22.8 Å². The predicted molar refractivity (Wildman–Crippen MR) is 160 cm³/mol. The van der Waals surface area contributed by atoms with Crippen LogP contribution < -0.4 is 19.7 Å². The number of hydrogen-bond acceptors (Lipinski definition) is 10. The summed E-state index contributed by atoms with van der Waals surface area (Å²) in [5.74, 6) is 0.323. The van der Waals surface area contributed by atoms with E-state index in [1.165, 1.54) is 16.4 Å². The van der Waals surface area contributed by atoms with E-state index in [2.05, 4.69) is 5.32 Å². The van der Waals surface area contributed by atoms with Crippen molar-refractivity contribution in [2.24, 2.45) is 5.92 Å². The number of halogens is 1. The molecule has 12 nitrogen and oxygen atoms in total. The van der Waals surface area contributed by atoms with E-state index in [4.69, 9.17) is 24.2 Å². The highest BCUT2D eigenvalue weighted by molar-refractivity contribution is 7.89. The number of fused-ring (bicyclic) bond motifs is 1. The van der Waals surface area contributed by atoms with Crippen LogP contribution in [0.2, 0.25) is 0 Å². The molecule has 0 aliphatic carbocycles. The first-order valence-corrected chi connectivity index (χ1v) is 16.4. The third-order valence-corrected chi connectivity index (χ3v) is 10.1. The van der Waals surface area contributed by atoms with E-state index >= 15 is 0 Å². The first-order chi connectivity index (χ1) is 21.7. The Morgan fingerprint density at radius 3 is 2.51 bits per heavy atom. The quantitative estimate of drug-likeness (QED) is 0.347. The third kappa shape index (κ3) is 6.57. The standard InChI is InChI=1S/C31H34FN5O7S/c1-2-42-30(39)20-11-14-36(15-12-20)31-34-23(17-25(35-31)21-5-10-27-28(16-21)44-19-43-27)18-33-29(38)26-4-3-13-37(26)45(40,41)24-8-6-22(32)7-9-24/h5-10,16-17,20,26H,2-4,11-15,18-19H2,1H3,(H,33,38)/t26-/m0/s1. The van der Waals surface area contributed by atoms with Gasteiger partial charge < -0.3 is 24.4 Å². The average molecular weight is 640 g/mol. The molecule has 1 N–H and O–H groups in total. The number of nitrogens with one attached hydrogen (secondary N) is 1. The summed E-state index contributed by atoms with van der Waals surface area (Å²) >= 11 is 0. The normalized spacial score (nSPS) is 18.6. The minimum Gasteiger partial charge on any atom is -0.466 e. The molecule has 1 amide bonds. The summed E-state index contributed by atoms with van der Waals surface area (Å²) in [5, 5.41) is 2.87. The molecule has 14 heteroatoms. The number of benzene rings is 2. The second kappa shape index (κ2) is 13.0. The van der Waals surface area contributed by atoms with Crippen LogP contribution in [0.1, 0.15) is 38.3 Å². The molecule has 0 bridgehead atoms. The lowest BCUT2D eigenvalue weighted by molar-refractivity contribution is -0.148. The highest BCUT2D eigenvalue weighted by atomic mass is 32.2. The van der Waals surface area contributed by atoms with Crippen LogP contribution in [0.3, 0.4) is 0 Å². The van der Waals surface area contributed by atoms with Crippen LogP contribution >= 0.6 is 0 Å². The summed E-state index contributed by atoms with van der Waals surface area (Å²) in [6.45, 7) is 3.59. The maximum atomic E-state index is 13.4. The van der Waals surface area contributed by atoms with Crippen LogP contribution in [0.25, 0.3) is 11.3 Å². The van der Waals surface area contributed by atoms with Gasteiger partial charge in [-0.25, -0.2) is 22.8 Å². The molecule has 0 unspecified atom stereocenters. The van der Waals surface area contributed by atoms with Crippen molar-refractivity contribution in [3.63, 3.8) is 0 Å². The lowest BCUT2D eigenvalue weighted by atomic mass is 9.97. The molecular weight excluding hydrogens is 605 g/mol. The van der Waals surface area contributed by atoms with Gasteiger partial charge in [-0.05, 0) is 81.1 Å². The fourth-order valence-corrected chi connectivity index (χ4v) is 7.48. The van der Waals surface area contributed by atoms with E-state index in [0.717, 1.165) is 17.7 Å². The molecule has 1 aromatic heterocycles. The zero-order chi connectivity index (χ0) is 31.6. The van der Waals surface area contributed by atoms with E-state index in [9.17, 15) is 22.4 Å². The van der Waals surface area contributed by atoms with Gasteiger partial charge in [-0.3, -0.25) is 9.59 Å². The smallest absolute Gasteiger partial charge is 0.309 e. The zero-order valence-electron chi connectivity index (χ0n) is 24.8. The van der Waals surface area contributed by atoms with Crippen molar-refractivity contribution in [1.82, 2.24) is 19.6 Å². The van der Waals surface area contributed by atoms with E-state index in [0.29, 0.717) is 74.2 Å². The van der Waals surface area contributed by atoms with E-state index in [-0.39, 0.29) is 36.7 Å². The number of piperidine rings is 1. The van der Waals surface area contributed by atoms with Gasteiger partial charge in [0.05, 0.1) is 35.4 Å². The molecule has 0 radical (unpaired) electrons. The maximum absolute atomic E-state index is 13.4. The Morgan fingerprint density at radius 2 is 1.76 bits per heavy atom. The van der Waals surface area contributed by atoms with Crippen LogP contribution in [0.5, 0.6) is 11.5 Å². The summed E-state index contributed by atoms with van der Waals surface area (Å²) in [5.41, 5.74) is 1.90. The first kappa shape index (κ1) is 30.7. The number of rotatable bonds is 9. The molecule has 6 rings (SSSR count). The lowest BCUT2D eigenvalue weighted by Crippen LogP contribution is -2.45. The van der Waals surface area contributed by atoms with Crippen LogP contribution in [-0.4, -0.2) is 73.6 Å².